The Bertz CT molecular complexity index is 1580. The van der Waals surface area contributed by atoms with Gasteiger partial charge < -0.3 is 10.0 Å². The van der Waals surface area contributed by atoms with E-state index < -0.39 is 16.9 Å². The Morgan fingerprint density at radius 3 is 2.44 bits per heavy atom. The fourth-order valence-corrected chi connectivity index (χ4v) is 4.88. The predicted octanol–water partition coefficient (Wildman–Crippen LogP) is 1.75. The number of thioether (sulfide) groups is 1. The van der Waals surface area contributed by atoms with Crippen LogP contribution in [0.25, 0.3) is 33.2 Å². The second kappa shape index (κ2) is 9.10. The first-order valence-corrected chi connectivity index (χ1v) is 12.7. The van der Waals surface area contributed by atoms with E-state index in [1.54, 1.807) is 34.0 Å². The molecule has 1 fully saturated rings. The van der Waals surface area contributed by atoms with Crippen molar-refractivity contribution in [3.8, 4) is 11.3 Å². The molecule has 4 aromatic heterocycles. The molecule has 0 radical (unpaired) electrons. The van der Waals surface area contributed by atoms with Gasteiger partial charge in [0.25, 0.3) is 11.5 Å². The number of nitrogens with zero attached hydrogens (tertiary/aromatic N) is 6. The second-order valence-electron chi connectivity index (χ2n) is 9.25. The fourth-order valence-electron chi connectivity index (χ4n) is 4.57. The van der Waals surface area contributed by atoms with Crippen molar-refractivity contribution in [2.24, 2.45) is 0 Å². The summed E-state index contributed by atoms with van der Waals surface area (Å²) in [5.74, 6) is -0.352. The van der Waals surface area contributed by atoms with Gasteiger partial charge in [-0.1, -0.05) is 11.8 Å². The Kier molecular flexibility index (Phi) is 6.08. The van der Waals surface area contributed by atoms with Gasteiger partial charge in [-0.15, -0.1) is 0 Å². The number of aromatic amines is 1. The molecule has 0 spiro atoms. The van der Waals surface area contributed by atoms with Crippen LogP contribution in [0, 0.1) is 0 Å². The van der Waals surface area contributed by atoms with Crippen LogP contribution in [0.15, 0.2) is 45.5 Å². The summed E-state index contributed by atoms with van der Waals surface area (Å²) in [5.41, 5.74) is 0.136. The predicted molar refractivity (Wildman–Crippen MR) is 136 cm³/mol. The highest BCUT2D eigenvalue weighted by Crippen LogP contribution is 2.29. The summed E-state index contributed by atoms with van der Waals surface area (Å²) >= 11 is 1.43. The molecule has 1 saturated heterocycles. The third-order valence-electron chi connectivity index (χ3n) is 6.36. The molecule has 0 atom stereocenters. The molecule has 5 rings (SSSR count). The molecule has 186 valence electrons. The zero-order valence-electron chi connectivity index (χ0n) is 20.1. The summed E-state index contributed by atoms with van der Waals surface area (Å²) in [6.45, 7) is 3.68. The van der Waals surface area contributed by atoms with Gasteiger partial charge in [0.05, 0.1) is 22.1 Å². The summed E-state index contributed by atoms with van der Waals surface area (Å²) in [7, 11) is 0. The van der Waals surface area contributed by atoms with Crippen molar-refractivity contribution in [2.45, 2.75) is 43.5 Å². The van der Waals surface area contributed by atoms with E-state index in [0.717, 1.165) is 0 Å². The molecule has 5 heterocycles. The number of pyridine rings is 2. The van der Waals surface area contributed by atoms with E-state index in [-0.39, 0.29) is 17.3 Å². The Morgan fingerprint density at radius 2 is 1.81 bits per heavy atom. The van der Waals surface area contributed by atoms with E-state index in [4.69, 9.17) is 4.98 Å². The number of hydrogen-bond acceptors (Lipinski definition) is 9. The van der Waals surface area contributed by atoms with Crippen molar-refractivity contribution in [3.63, 3.8) is 0 Å². The minimum absolute atomic E-state index is 0.260. The molecule has 1 aliphatic heterocycles. The van der Waals surface area contributed by atoms with Crippen LogP contribution in [0.3, 0.4) is 0 Å². The lowest BCUT2D eigenvalue weighted by molar-refractivity contribution is -0.149. The molecule has 11 nitrogen and oxygen atoms in total. The van der Waals surface area contributed by atoms with Crippen molar-refractivity contribution < 1.29 is 9.90 Å². The Balaban J connectivity index is 1.63. The maximum absolute atomic E-state index is 13.1. The molecule has 36 heavy (non-hydrogen) atoms. The normalized spacial score (nSPS) is 15.1. The Morgan fingerprint density at radius 1 is 1.11 bits per heavy atom. The molecule has 0 unspecified atom stereocenters. The van der Waals surface area contributed by atoms with Crippen molar-refractivity contribution in [1.29, 1.82) is 0 Å². The molecule has 1 amide bonds. The first-order valence-electron chi connectivity index (χ1n) is 11.5. The summed E-state index contributed by atoms with van der Waals surface area (Å²) in [6.07, 6.45) is 7.68. The summed E-state index contributed by atoms with van der Waals surface area (Å²) in [6, 6.07) is 3.32. The van der Waals surface area contributed by atoms with Crippen molar-refractivity contribution in [3.05, 3.63) is 51.6 Å². The summed E-state index contributed by atoms with van der Waals surface area (Å²) < 4.78 is 1.57. The molecular weight excluding hydrogens is 482 g/mol. The Labute approximate surface area is 209 Å². The van der Waals surface area contributed by atoms with E-state index in [1.165, 1.54) is 31.8 Å². The maximum atomic E-state index is 13.1. The Hall–Kier alpha value is -3.64. The molecule has 1 aliphatic rings. The number of aromatic nitrogens is 6. The summed E-state index contributed by atoms with van der Waals surface area (Å²) in [5, 5.41) is 11.0. The van der Waals surface area contributed by atoms with Gasteiger partial charge in [0.15, 0.2) is 5.16 Å². The molecule has 2 N–H and O–H groups in total. The van der Waals surface area contributed by atoms with E-state index in [0.29, 0.717) is 58.9 Å². The van der Waals surface area contributed by atoms with Crippen LogP contribution in [0.1, 0.15) is 32.7 Å². The highest BCUT2D eigenvalue weighted by Gasteiger charge is 2.33. The van der Waals surface area contributed by atoms with Crippen LogP contribution in [-0.4, -0.2) is 70.3 Å². The van der Waals surface area contributed by atoms with Gasteiger partial charge in [-0.25, -0.2) is 19.7 Å². The van der Waals surface area contributed by atoms with Crippen molar-refractivity contribution >= 4 is 39.6 Å². The number of hydrogen-bond donors (Lipinski definition) is 2. The number of carbonyl (C=O) groups is 1. The maximum Gasteiger partial charge on any atom is 0.329 e. The largest absolute Gasteiger partial charge is 0.381 e. The molecule has 0 aromatic carbocycles. The van der Waals surface area contributed by atoms with Gasteiger partial charge in [0.1, 0.15) is 11.1 Å². The molecule has 0 saturated carbocycles. The van der Waals surface area contributed by atoms with Crippen LogP contribution in [0.4, 0.5) is 0 Å². The van der Waals surface area contributed by atoms with E-state index >= 15 is 0 Å². The van der Waals surface area contributed by atoms with Gasteiger partial charge in [0, 0.05) is 43.3 Å². The monoisotopic (exact) mass is 507 g/mol. The number of piperidine rings is 1. The third-order valence-corrected chi connectivity index (χ3v) is 6.93. The number of rotatable bonds is 4. The molecule has 0 bridgehead atoms. The van der Waals surface area contributed by atoms with Crippen LogP contribution in [0.5, 0.6) is 0 Å². The number of H-pyrrole nitrogens is 1. The summed E-state index contributed by atoms with van der Waals surface area (Å²) in [4.78, 5) is 60.1. The zero-order chi connectivity index (χ0) is 25.6. The van der Waals surface area contributed by atoms with Gasteiger partial charge in [0.2, 0.25) is 0 Å². The van der Waals surface area contributed by atoms with Crippen LogP contribution < -0.4 is 11.2 Å². The van der Waals surface area contributed by atoms with Gasteiger partial charge in [-0.2, -0.15) is 0 Å². The smallest absolute Gasteiger partial charge is 0.329 e. The molecule has 4 aromatic rings. The second-order valence-corrected chi connectivity index (χ2v) is 10.0. The number of amides is 1. The number of likely N-dealkylation sites (tertiary alicyclic amines) is 1. The van der Waals surface area contributed by atoms with Crippen LogP contribution >= 0.6 is 11.8 Å². The minimum Gasteiger partial charge on any atom is -0.381 e. The van der Waals surface area contributed by atoms with Gasteiger partial charge >= 0.3 is 5.69 Å². The number of aliphatic hydroxyl groups is 1. The number of carbonyl (C=O) groups excluding carboxylic acids is 1. The SMILES string of the molecule is CSc1ncc(-c2ccc3ncc4c(=O)[nH]c(=O)n(C5CCN(C(=O)C(C)(C)O)CC5)c4c3n2)cn1. The lowest BCUT2D eigenvalue weighted by atomic mass is 10.0. The first-order chi connectivity index (χ1) is 17.2. The van der Waals surface area contributed by atoms with E-state index in [9.17, 15) is 19.5 Å². The molecule has 12 heteroatoms. The average Bonchev–Trinajstić information content (AvgIpc) is 2.87. The number of nitrogens with one attached hydrogen (secondary N) is 1. The molecule has 0 aliphatic carbocycles. The first kappa shape index (κ1) is 24.1. The highest BCUT2D eigenvalue weighted by molar-refractivity contribution is 7.98. The topological polar surface area (TPSA) is 147 Å². The highest BCUT2D eigenvalue weighted by atomic mass is 32.2. The lowest BCUT2D eigenvalue weighted by Gasteiger charge is -2.36. The van der Waals surface area contributed by atoms with Crippen LogP contribution in [-0.2, 0) is 4.79 Å². The standard InChI is InChI=1S/C24H25N7O4S/c1-24(2,35)21(33)30-8-6-14(7-9-30)31-19-15(20(32)29-23(31)34)12-25-17-5-4-16(28-18(17)19)13-10-26-22(36-3)27-11-13/h4-5,10-12,14,35H,6-9H2,1-3H3,(H,29,32,34). The zero-order valence-corrected chi connectivity index (χ0v) is 20.9. The van der Waals surface area contributed by atoms with Crippen LogP contribution in [0.2, 0.25) is 0 Å². The third kappa shape index (κ3) is 4.26. The minimum atomic E-state index is -1.46. The van der Waals surface area contributed by atoms with Crippen molar-refractivity contribution in [1.82, 2.24) is 34.4 Å². The van der Waals surface area contributed by atoms with E-state index in [2.05, 4.69) is 19.9 Å². The van der Waals surface area contributed by atoms with Gasteiger partial charge in [-0.3, -0.25) is 24.1 Å². The quantitative estimate of drug-likeness (QED) is 0.239. The van der Waals surface area contributed by atoms with Crippen molar-refractivity contribution in [2.75, 3.05) is 19.3 Å². The fraction of sp³-hybridized carbons (Fsp3) is 0.375. The molecular formula is C24H25N7O4S. The lowest BCUT2D eigenvalue weighted by Crippen LogP contribution is -2.49. The van der Waals surface area contributed by atoms with Gasteiger partial charge in [-0.05, 0) is 45.1 Å². The average molecular weight is 508 g/mol. The van der Waals surface area contributed by atoms with E-state index in [1.807, 2.05) is 6.26 Å². The number of fused-ring (bicyclic) bond motifs is 3.